The summed E-state index contributed by atoms with van der Waals surface area (Å²) in [5.74, 6) is -1.49. The van der Waals surface area contributed by atoms with Gasteiger partial charge in [-0.2, -0.15) is 0 Å². The van der Waals surface area contributed by atoms with Crippen LogP contribution >= 0.6 is 0 Å². The van der Waals surface area contributed by atoms with Gasteiger partial charge in [0.2, 0.25) is 0 Å². The van der Waals surface area contributed by atoms with Gasteiger partial charge >= 0.3 is 12.0 Å². The van der Waals surface area contributed by atoms with E-state index < -0.39 is 23.9 Å². The number of carbonyl (C=O) groups is 3. The second-order valence-corrected chi connectivity index (χ2v) is 3.15. The van der Waals surface area contributed by atoms with E-state index in [0.717, 1.165) is 4.90 Å². The molecule has 1 heterocycles. The minimum absolute atomic E-state index is 0.0613. The third-order valence-electron chi connectivity index (χ3n) is 2.08. The smallest absolute Gasteiger partial charge is 0.324 e. The first-order valence-corrected chi connectivity index (χ1v) is 4.50. The Morgan fingerprint density at radius 3 is 2.67 bits per heavy atom. The van der Waals surface area contributed by atoms with Crippen LogP contribution in [0, 0.1) is 0 Å². The number of aliphatic carboxylic acids is 1. The number of imide groups is 1. The molecule has 0 aliphatic carbocycles. The average Bonchev–Trinajstić information content (AvgIpc) is 2.43. The first kappa shape index (κ1) is 11.4. The Bertz CT molecular complexity index is 291. The molecule has 84 valence electrons. The van der Waals surface area contributed by atoms with Gasteiger partial charge < -0.3 is 15.5 Å². The van der Waals surface area contributed by atoms with Gasteiger partial charge in [-0.3, -0.25) is 14.5 Å². The summed E-state index contributed by atoms with van der Waals surface area (Å²) in [6.45, 7) is -0.362. The summed E-state index contributed by atoms with van der Waals surface area (Å²) >= 11 is 0. The minimum Gasteiger partial charge on any atom is -0.481 e. The molecule has 1 rings (SSSR count). The highest BCUT2D eigenvalue weighted by Gasteiger charge is 2.37. The standard InChI is InChI=1S/C8H12N2O5/c11-4-3-10-7(14)5(9-8(10)15)1-2-6(12)13/h5,11H,1-4H2,(H,9,15)(H,12,13)/t5-/m1/s1. The molecule has 3 amide bonds. The van der Waals surface area contributed by atoms with Crippen molar-refractivity contribution in [2.75, 3.05) is 13.2 Å². The summed E-state index contributed by atoms with van der Waals surface area (Å²) in [5.41, 5.74) is 0. The fourth-order valence-corrected chi connectivity index (χ4v) is 1.35. The highest BCUT2D eigenvalue weighted by Crippen LogP contribution is 2.10. The van der Waals surface area contributed by atoms with Gasteiger partial charge in [0.15, 0.2) is 0 Å². The van der Waals surface area contributed by atoms with E-state index in [4.69, 9.17) is 10.2 Å². The van der Waals surface area contributed by atoms with E-state index in [-0.39, 0.29) is 26.0 Å². The third-order valence-corrected chi connectivity index (χ3v) is 2.08. The lowest BCUT2D eigenvalue weighted by molar-refractivity contribution is -0.137. The van der Waals surface area contributed by atoms with Gasteiger partial charge in [-0.15, -0.1) is 0 Å². The monoisotopic (exact) mass is 216 g/mol. The van der Waals surface area contributed by atoms with Crippen molar-refractivity contribution >= 4 is 17.9 Å². The van der Waals surface area contributed by atoms with Crippen LogP contribution < -0.4 is 5.32 Å². The lowest BCUT2D eigenvalue weighted by atomic mass is 10.1. The molecule has 3 N–H and O–H groups in total. The number of carbonyl (C=O) groups excluding carboxylic acids is 2. The molecule has 0 bridgehead atoms. The Morgan fingerprint density at radius 2 is 2.13 bits per heavy atom. The topological polar surface area (TPSA) is 107 Å². The van der Waals surface area contributed by atoms with E-state index in [0.29, 0.717) is 0 Å². The SMILES string of the molecule is O=C(O)CC[C@H]1NC(=O)N(CCO)C1=O. The normalized spacial score (nSPS) is 20.6. The summed E-state index contributed by atoms with van der Waals surface area (Å²) in [5, 5.41) is 19.4. The van der Waals surface area contributed by atoms with Gasteiger partial charge in [0.1, 0.15) is 6.04 Å². The highest BCUT2D eigenvalue weighted by molar-refractivity contribution is 6.04. The minimum atomic E-state index is -1.02. The first-order valence-electron chi connectivity index (χ1n) is 4.50. The van der Waals surface area contributed by atoms with E-state index in [1.54, 1.807) is 0 Å². The van der Waals surface area contributed by atoms with Crippen LogP contribution in [0.4, 0.5) is 4.79 Å². The van der Waals surface area contributed by atoms with Crippen LogP contribution in [-0.4, -0.2) is 52.2 Å². The number of hydrogen-bond donors (Lipinski definition) is 3. The number of urea groups is 1. The van der Waals surface area contributed by atoms with E-state index in [1.807, 2.05) is 0 Å². The molecule has 0 unspecified atom stereocenters. The fourth-order valence-electron chi connectivity index (χ4n) is 1.35. The van der Waals surface area contributed by atoms with Crippen molar-refractivity contribution < 1.29 is 24.6 Å². The third kappa shape index (κ3) is 2.66. The molecule has 1 fully saturated rings. The van der Waals surface area contributed by atoms with Crippen molar-refractivity contribution in [3.63, 3.8) is 0 Å². The number of amides is 3. The largest absolute Gasteiger partial charge is 0.481 e. The average molecular weight is 216 g/mol. The van der Waals surface area contributed by atoms with Crippen molar-refractivity contribution in [3.05, 3.63) is 0 Å². The van der Waals surface area contributed by atoms with E-state index in [9.17, 15) is 14.4 Å². The molecular weight excluding hydrogens is 204 g/mol. The van der Waals surface area contributed by atoms with Gasteiger partial charge in [-0.25, -0.2) is 4.79 Å². The van der Waals surface area contributed by atoms with Crippen LogP contribution in [0.15, 0.2) is 0 Å². The summed E-state index contributed by atoms with van der Waals surface area (Å²) in [6, 6.07) is -1.36. The molecule has 15 heavy (non-hydrogen) atoms. The maximum Gasteiger partial charge on any atom is 0.324 e. The number of aliphatic hydroxyl groups excluding tert-OH is 1. The summed E-state index contributed by atoms with van der Waals surface area (Å²) in [6.07, 6.45) is -0.106. The molecular formula is C8H12N2O5. The Kier molecular flexibility index (Phi) is 3.62. The van der Waals surface area contributed by atoms with Gasteiger partial charge in [-0.1, -0.05) is 0 Å². The number of rotatable bonds is 5. The van der Waals surface area contributed by atoms with Crippen molar-refractivity contribution in [1.82, 2.24) is 10.2 Å². The molecule has 0 aromatic carbocycles. The number of nitrogens with one attached hydrogen (secondary N) is 1. The predicted molar refractivity (Wildman–Crippen MR) is 48.0 cm³/mol. The van der Waals surface area contributed by atoms with Gasteiger partial charge in [0.05, 0.1) is 13.2 Å². The van der Waals surface area contributed by atoms with Crippen molar-refractivity contribution in [3.8, 4) is 0 Å². The maximum absolute atomic E-state index is 11.5. The second kappa shape index (κ2) is 4.74. The van der Waals surface area contributed by atoms with E-state index in [1.165, 1.54) is 0 Å². The number of hydrogen-bond acceptors (Lipinski definition) is 4. The number of carboxylic acid groups (broad SMARTS) is 1. The quantitative estimate of drug-likeness (QED) is 0.498. The molecule has 0 aromatic rings. The Balaban J connectivity index is 2.53. The van der Waals surface area contributed by atoms with Crippen LogP contribution in [0.3, 0.4) is 0 Å². The second-order valence-electron chi connectivity index (χ2n) is 3.15. The van der Waals surface area contributed by atoms with Crippen molar-refractivity contribution in [2.45, 2.75) is 18.9 Å². The van der Waals surface area contributed by atoms with Crippen LogP contribution in [0.5, 0.6) is 0 Å². The Labute approximate surface area is 85.7 Å². The van der Waals surface area contributed by atoms with Crippen LogP contribution in [-0.2, 0) is 9.59 Å². The summed E-state index contributed by atoms with van der Waals surface area (Å²) < 4.78 is 0. The molecule has 1 atom stereocenters. The van der Waals surface area contributed by atoms with Crippen LogP contribution in [0.1, 0.15) is 12.8 Å². The van der Waals surface area contributed by atoms with E-state index >= 15 is 0 Å². The Morgan fingerprint density at radius 1 is 1.47 bits per heavy atom. The molecule has 7 heteroatoms. The molecule has 0 spiro atoms. The number of carboxylic acids is 1. The van der Waals surface area contributed by atoms with Crippen LogP contribution in [0.25, 0.3) is 0 Å². The number of aliphatic hydroxyl groups is 1. The van der Waals surface area contributed by atoms with Gasteiger partial charge in [0, 0.05) is 6.42 Å². The van der Waals surface area contributed by atoms with Crippen molar-refractivity contribution in [1.29, 1.82) is 0 Å². The zero-order chi connectivity index (χ0) is 11.4. The van der Waals surface area contributed by atoms with Gasteiger partial charge in [-0.05, 0) is 6.42 Å². The zero-order valence-corrected chi connectivity index (χ0v) is 7.97. The summed E-state index contributed by atoms with van der Waals surface area (Å²) in [7, 11) is 0. The molecule has 1 aliphatic rings. The van der Waals surface area contributed by atoms with Gasteiger partial charge in [0.25, 0.3) is 5.91 Å². The van der Waals surface area contributed by atoms with Crippen molar-refractivity contribution in [2.24, 2.45) is 0 Å². The molecule has 1 saturated heterocycles. The lowest BCUT2D eigenvalue weighted by Crippen LogP contribution is -2.34. The molecule has 7 nitrogen and oxygen atoms in total. The first-order chi connectivity index (χ1) is 7.06. The molecule has 0 saturated carbocycles. The Hall–Kier alpha value is -1.63. The maximum atomic E-state index is 11.5. The van der Waals surface area contributed by atoms with Crippen LogP contribution in [0.2, 0.25) is 0 Å². The number of nitrogens with zero attached hydrogens (tertiary/aromatic N) is 1. The summed E-state index contributed by atoms with van der Waals surface area (Å²) in [4.78, 5) is 33.8. The number of β-amino-alcohol motifs (C(OH)–C–C–N with tert-alkyl or cyclic N) is 1. The zero-order valence-electron chi connectivity index (χ0n) is 7.97. The van der Waals surface area contributed by atoms with E-state index in [2.05, 4.69) is 5.32 Å². The fraction of sp³-hybridized carbons (Fsp3) is 0.625. The predicted octanol–water partition coefficient (Wildman–Crippen LogP) is -1.24. The lowest BCUT2D eigenvalue weighted by Gasteiger charge is -2.10. The highest BCUT2D eigenvalue weighted by atomic mass is 16.4. The molecule has 0 aromatic heterocycles. The molecule has 1 aliphatic heterocycles. The molecule has 0 radical (unpaired) electrons.